The number of pyridine rings is 1. The van der Waals surface area contributed by atoms with Crippen molar-refractivity contribution in [3.05, 3.63) is 60.3 Å². The molecule has 0 amide bonds. The summed E-state index contributed by atoms with van der Waals surface area (Å²) >= 11 is 0. The number of halogens is 3. The van der Waals surface area contributed by atoms with E-state index < -0.39 is 11.9 Å². The molecule has 2 aromatic heterocycles. The Labute approximate surface area is 177 Å². The maximum atomic E-state index is 13.9. The van der Waals surface area contributed by atoms with Gasteiger partial charge in [-0.25, -0.2) is 9.97 Å². The lowest BCUT2D eigenvalue weighted by Crippen LogP contribution is -2.44. The van der Waals surface area contributed by atoms with Gasteiger partial charge in [0.15, 0.2) is 5.69 Å². The fourth-order valence-electron chi connectivity index (χ4n) is 4.23. The van der Waals surface area contributed by atoms with Crippen molar-refractivity contribution in [1.82, 2.24) is 24.8 Å². The molecule has 1 aliphatic rings. The number of rotatable bonds is 4. The van der Waals surface area contributed by atoms with Crippen molar-refractivity contribution in [1.29, 1.82) is 0 Å². The number of hydrogen-bond acceptors (Lipinski definition) is 4. The molecule has 5 nitrogen and oxygen atoms in total. The van der Waals surface area contributed by atoms with Crippen LogP contribution < -0.4 is 5.32 Å². The number of hydrogen-bond donors (Lipinski definition) is 1. The van der Waals surface area contributed by atoms with Crippen LogP contribution in [0.5, 0.6) is 0 Å². The molecule has 0 radical (unpaired) electrons. The molecule has 0 atom stereocenters. The molecule has 0 unspecified atom stereocenters. The first kappa shape index (κ1) is 20.0. The van der Waals surface area contributed by atoms with Gasteiger partial charge in [0.25, 0.3) is 0 Å². The van der Waals surface area contributed by atoms with E-state index >= 15 is 0 Å². The van der Waals surface area contributed by atoms with Crippen LogP contribution in [0.2, 0.25) is 0 Å². The minimum absolute atomic E-state index is 0.0923. The van der Waals surface area contributed by atoms with Gasteiger partial charge in [-0.15, -0.1) is 0 Å². The lowest BCUT2D eigenvalue weighted by Gasteiger charge is -2.27. The number of fused-ring (bicyclic) bond motifs is 3. The lowest BCUT2D eigenvalue weighted by atomic mass is 10.1. The molecule has 1 fully saturated rings. The summed E-state index contributed by atoms with van der Waals surface area (Å²) in [4.78, 5) is 10.8. The topological polar surface area (TPSA) is 46.0 Å². The first-order valence-electron chi connectivity index (χ1n) is 10.4. The van der Waals surface area contributed by atoms with E-state index in [1.165, 1.54) is 0 Å². The van der Waals surface area contributed by atoms with E-state index in [4.69, 9.17) is 0 Å². The zero-order valence-electron chi connectivity index (χ0n) is 16.9. The van der Waals surface area contributed by atoms with Crippen molar-refractivity contribution in [2.45, 2.75) is 12.7 Å². The van der Waals surface area contributed by atoms with Crippen LogP contribution in [0.25, 0.3) is 33.3 Å². The van der Waals surface area contributed by atoms with Crippen molar-refractivity contribution < 1.29 is 13.2 Å². The maximum Gasteiger partial charge on any atom is 0.435 e. The molecule has 1 saturated heterocycles. The van der Waals surface area contributed by atoms with Crippen molar-refractivity contribution in [2.75, 3.05) is 32.7 Å². The monoisotopic (exact) mass is 425 g/mol. The molecule has 1 aliphatic heterocycles. The first-order valence-corrected chi connectivity index (χ1v) is 10.4. The van der Waals surface area contributed by atoms with Gasteiger partial charge in [0.1, 0.15) is 11.3 Å². The van der Waals surface area contributed by atoms with E-state index in [2.05, 4.69) is 20.2 Å². The van der Waals surface area contributed by atoms with Gasteiger partial charge in [-0.2, -0.15) is 13.2 Å². The average molecular weight is 425 g/mol. The summed E-state index contributed by atoms with van der Waals surface area (Å²) in [5, 5.41) is 4.01. The van der Waals surface area contributed by atoms with Gasteiger partial charge in [-0.05, 0) is 6.07 Å². The van der Waals surface area contributed by atoms with Crippen LogP contribution in [0.3, 0.4) is 0 Å². The Morgan fingerprint density at radius 3 is 2.32 bits per heavy atom. The third-order valence-corrected chi connectivity index (χ3v) is 5.73. The second-order valence-electron chi connectivity index (χ2n) is 7.72. The lowest BCUT2D eigenvalue weighted by molar-refractivity contribution is -0.139. The number of nitrogens with zero attached hydrogens (tertiary/aromatic N) is 4. The molecule has 3 heterocycles. The Bertz CT molecular complexity index is 1210. The Morgan fingerprint density at radius 2 is 1.58 bits per heavy atom. The number of alkyl halides is 3. The number of aromatic nitrogens is 3. The van der Waals surface area contributed by atoms with Crippen molar-refractivity contribution >= 4 is 21.9 Å². The third kappa shape index (κ3) is 3.77. The fraction of sp³-hybridized carbons (Fsp3) is 0.304. The normalized spacial score (nSPS) is 15.7. The second-order valence-corrected chi connectivity index (χ2v) is 7.72. The number of piperazine rings is 1. The van der Waals surface area contributed by atoms with E-state index in [-0.39, 0.29) is 5.52 Å². The zero-order valence-corrected chi connectivity index (χ0v) is 16.9. The predicted molar refractivity (Wildman–Crippen MR) is 115 cm³/mol. The summed E-state index contributed by atoms with van der Waals surface area (Å²) in [6.07, 6.45) is -4.59. The molecule has 2 aromatic carbocycles. The Kier molecular flexibility index (Phi) is 5.11. The molecular weight excluding hydrogens is 403 g/mol. The molecule has 0 bridgehead atoms. The minimum atomic E-state index is -4.59. The SMILES string of the molecule is FC(F)(F)c1nc2ccccc2c2c1nc(-c1ccccc1)n2CCN1CCNCC1. The summed E-state index contributed by atoms with van der Waals surface area (Å²) in [6, 6.07) is 16.4. The average Bonchev–Trinajstić information content (AvgIpc) is 3.17. The standard InChI is InChI=1S/C23H22F3N5/c24-23(25,26)21-19-20(17-8-4-5-9-18(17)28-21)31(15-14-30-12-10-27-11-13-30)22(29-19)16-6-2-1-3-7-16/h1-9,27H,10-15H2. The van der Waals surface area contributed by atoms with Crippen LogP contribution in [-0.4, -0.2) is 52.2 Å². The maximum absolute atomic E-state index is 13.9. The highest BCUT2D eigenvalue weighted by Crippen LogP contribution is 2.38. The number of imidazole rings is 1. The molecular formula is C23H22F3N5. The van der Waals surface area contributed by atoms with E-state index in [1.807, 2.05) is 47.0 Å². The molecule has 5 rings (SSSR count). The molecule has 0 aliphatic carbocycles. The molecule has 1 N–H and O–H groups in total. The van der Waals surface area contributed by atoms with Gasteiger partial charge in [0.2, 0.25) is 0 Å². The van der Waals surface area contributed by atoms with Gasteiger partial charge < -0.3 is 9.88 Å². The largest absolute Gasteiger partial charge is 0.435 e. The van der Waals surface area contributed by atoms with Crippen molar-refractivity contribution in [3.8, 4) is 11.4 Å². The van der Waals surface area contributed by atoms with Gasteiger partial charge in [0.05, 0.1) is 11.0 Å². The minimum Gasteiger partial charge on any atom is -0.322 e. The van der Waals surface area contributed by atoms with Crippen LogP contribution in [0.1, 0.15) is 5.69 Å². The highest BCUT2D eigenvalue weighted by Gasteiger charge is 2.37. The third-order valence-electron chi connectivity index (χ3n) is 5.73. The Morgan fingerprint density at radius 1 is 0.871 bits per heavy atom. The molecule has 4 aromatic rings. The van der Waals surface area contributed by atoms with Crippen LogP contribution in [0.4, 0.5) is 13.2 Å². The highest BCUT2D eigenvalue weighted by molar-refractivity contribution is 6.04. The van der Waals surface area contributed by atoms with Crippen LogP contribution >= 0.6 is 0 Å². The van der Waals surface area contributed by atoms with E-state index in [1.54, 1.807) is 12.1 Å². The molecule has 0 saturated carbocycles. The van der Waals surface area contributed by atoms with Gasteiger partial charge in [-0.1, -0.05) is 48.5 Å². The first-order chi connectivity index (χ1) is 15.0. The Hall–Kier alpha value is -2.97. The van der Waals surface area contributed by atoms with Crippen LogP contribution in [-0.2, 0) is 12.7 Å². The van der Waals surface area contributed by atoms with Crippen LogP contribution in [0, 0.1) is 0 Å². The van der Waals surface area contributed by atoms with Crippen LogP contribution in [0.15, 0.2) is 54.6 Å². The van der Waals surface area contributed by atoms with Gasteiger partial charge in [-0.3, -0.25) is 4.90 Å². The van der Waals surface area contributed by atoms with Gasteiger partial charge in [0, 0.05) is 50.2 Å². The van der Waals surface area contributed by atoms with E-state index in [9.17, 15) is 13.2 Å². The zero-order chi connectivity index (χ0) is 21.4. The molecule has 160 valence electrons. The number of benzene rings is 2. The predicted octanol–water partition coefficient (Wildman–Crippen LogP) is 4.18. The summed E-state index contributed by atoms with van der Waals surface area (Å²) in [5.74, 6) is 0.536. The molecule has 0 spiro atoms. The van der Waals surface area contributed by atoms with E-state index in [0.717, 1.165) is 38.3 Å². The summed E-state index contributed by atoms with van der Waals surface area (Å²) in [6.45, 7) is 4.96. The smallest absolute Gasteiger partial charge is 0.322 e. The number of nitrogens with one attached hydrogen (secondary N) is 1. The second kappa shape index (κ2) is 7.94. The molecule has 31 heavy (non-hydrogen) atoms. The summed E-state index contributed by atoms with van der Waals surface area (Å²) in [7, 11) is 0. The fourth-order valence-corrected chi connectivity index (χ4v) is 4.23. The summed E-state index contributed by atoms with van der Waals surface area (Å²) in [5.41, 5.74) is 0.582. The van der Waals surface area contributed by atoms with Gasteiger partial charge >= 0.3 is 6.18 Å². The Balaban J connectivity index is 1.75. The highest BCUT2D eigenvalue weighted by atomic mass is 19.4. The number of para-hydroxylation sites is 1. The van der Waals surface area contributed by atoms with Crippen molar-refractivity contribution in [2.24, 2.45) is 0 Å². The quantitative estimate of drug-likeness (QED) is 0.533. The van der Waals surface area contributed by atoms with E-state index in [0.29, 0.717) is 28.8 Å². The summed E-state index contributed by atoms with van der Waals surface area (Å²) < 4.78 is 43.8. The van der Waals surface area contributed by atoms with Crippen molar-refractivity contribution in [3.63, 3.8) is 0 Å². The molecule has 8 heteroatoms.